The maximum absolute atomic E-state index is 11.7. The van der Waals surface area contributed by atoms with E-state index in [0.717, 1.165) is 17.7 Å². The Bertz CT molecular complexity index is 470. The van der Waals surface area contributed by atoms with E-state index in [1.54, 1.807) is 7.11 Å². The maximum Gasteiger partial charge on any atom is 0.314 e. The molecular formula is C16H24N2O4. The molecular weight excluding hydrogens is 284 g/mol. The Morgan fingerprint density at radius 1 is 1.27 bits per heavy atom. The molecule has 2 rings (SSSR count). The van der Waals surface area contributed by atoms with Crippen LogP contribution in [0.3, 0.4) is 0 Å². The number of benzene rings is 1. The van der Waals surface area contributed by atoms with Crippen LogP contribution in [0.5, 0.6) is 5.75 Å². The second kappa shape index (κ2) is 8.00. The van der Waals surface area contributed by atoms with Crippen molar-refractivity contribution in [3.8, 4) is 5.75 Å². The molecule has 0 bridgehead atoms. The average molecular weight is 308 g/mol. The van der Waals surface area contributed by atoms with Crippen LogP contribution in [-0.4, -0.2) is 50.2 Å². The molecule has 1 aliphatic heterocycles. The first-order chi connectivity index (χ1) is 10.6. The maximum atomic E-state index is 11.7. The standard InChI is InChI=1S/C16H24N2O4/c1-21-14-4-2-13(3-5-14)6-9-17-15(19)18-12-16(20)7-10-22-11-8-16/h2-5,20H,6-12H2,1H3,(H2,17,18,19). The molecule has 1 aromatic carbocycles. The molecule has 1 saturated heterocycles. The first kappa shape index (κ1) is 16.6. The van der Waals surface area contributed by atoms with Crippen LogP contribution in [-0.2, 0) is 11.2 Å². The van der Waals surface area contributed by atoms with E-state index in [1.165, 1.54) is 0 Å². The normalized spacial score (nSPS) is 16.8. The van der Waals surface area contributed by atoms with E-state index in [9.17, 15) is 9.90 Å². The summed E-state index contributed by atoms with van der Waals surface area (Å²) in [5.41, 5.74) is 0.287. The molecule has 22 heavy (non-hydrogen) atoms. The zero-order valence-corrected chi connectivity index (χ0v) is 12.9. The van der Waals surface area contributed by atoms with Crippen LogP contribution in [0.1, 0.15) is 18.4 Å². The van der Waals surface area contributed by atoms with Crippen LogP contribution < -0.4 is 15.4 Å². The number of amides is 2. The Balaban J connectivity index is 1.64. The van der Waals surface area contributed by atoms with Gasteiger partial charge in [-0.15, -0.1) is 0 Å². The predicted molar refractivity (Wildman–Crippen MR) is 83.1 cm³/mol. The van der Waals surface area contributed by atoms with Crippen LogP contribution in [0.2, 0.25) is 0 Å². The van der Waals surface area contributed by atoms with Gasteiger partial charge in [0.25, 0.3) is 0 Å². The Hall–Kier alpha value is -1.79. The number of urea groups is 1. The minimum atomic E-state index is -0.842. The number of hydrogen-bond acceptors (Lipinski definition) is 4. The molecule has 3 N–H and O–H groups in total. The number of carbonyl (C=O) groups excluding carboxylic acids is 1. The third kappa shape index (κ3) is 5.20. The average Bonchev–Trinajstić information content (AvgIpc) is 2.54. The molecule has 0 spiro atoms. The number of ether oxygens (including phenoxy) is 2. The minimum absolute atomic E-state index is 0.255. The van der Waals surface area contributed by atoms with Gasteiger partial charge in [0.1, 0.15) is 5.75 Å². The molecule has 6 heteroatoms. The zero-order valence-electron chi connectivity index (χ0n) is 12.9. The van der Waals surface area contributed by atoms with Crippen molar-refractivity contribution in [2.24, 2.45) is 0 Å². The van der Waals surface area contributed by atoms with Crippen molar-refractivity contribution in [3.63, 3.8) is 0 Å². The Labute approximate surface area is 130 Å². The lowest BCUT2D eigenvalue weighted by Crippen LogP contribution is -2.49. The van der Waals surface area contributed by atoms with Gasteiger partial charge in [0.15, 0.2) is 0 Å². The summed E-state index contributed by atoms with van der Waals surface area (Å²) >= 11 is 0. The molecule has 0 atom stereocenters. The quantitative estimate of drug-likeness (QED) is 0.735. The van der Waals surface area contributed by atoms with Crippen LogP contribution in [0, 0.1) is 0 Å². The van der Waals surface area contributed by atoms with E-state index < -0.39 is 5.60 Å². The largest absolute Gasteiger partial charge is 0.497 e. The van der Waals surface area contributed by atoms with Gasteiger partial charge in [-0.2, -0.15) is 0 Å². The lowest BCUT2D eigenvalue weighted by Gasteiger charge is -2.32. The Morgan fingerprint density at radius 2 is 1.95 bits per heavy atom. The van der Waals surface area contributed by atoms with Crippen LogP contribution >= 0.6 is 0 Å². The molecule has 0 saturated carbocycles. The van der Waals surface area contributed by atoms with Crippen molar-refractivity contribution >= 4 is 6.03 Å². The lowest BCUT2D eigenvalue weighted by atomic mass is 9.94. The van der Waals surface area contributed by atoms with E-state index in [4.69, 9.17) is 9.47 Å². The first-order valence-corrected chi connectivity index (χ1v) is 7.56. The fourth-order valence-corrected chi connectivity index (χ4v) is 2.35. The van der Waals surface area contributed by atoms with Gasteiger partial charge in [0, 0.05) is 39.1 Å². The van der Waals surface area contributed by atoms with Crippen molar-refractivity contribution in [2.75, 3.05) is 33.4 Å². The van der Waals surface area contributed by atoms with E-state index in [0.29, 0.717) is 32.6 Å². The molecule has 6 nitrogen and oxygen atoms in total. The number of hydrogen-bond donors (Lipinski definition) is 3. The highest BCUT2D eigenvalue weighted by Gasteiger charge is 2.29. The molecule has 0 unspecified atom stereocenters. The molecule has 0 radical (unpaired) electrons. The summed E-state index contributed by atoms with van der Waals surface area (Å²) in [6, 6.07) is 7.49. The highest BCUT2D eigenvalue weighted by atomic mass is 16.5. The molecule has 122 valence electrons. The Morgan fingerprint density at radius 3 is 2.59 bits per heavy atom. The van der Waals surface area contributed by atoms with Gasteiger partial charge in [-0.3, -0.25) is 0 Å². The van der Waals surface area contributed by atoms with Crippen LogP contribution in [0.25, 0.3) is 0 Å². The van der Waals surface area contributed by atoms with Crippen molar-refractivity contribution < 1.29 is 19.4 Å². The summed E-state index contributed by atoms with van der Waals surface area (Å²) in [7, 11) is 1.63. The van der Waals surface area contributed by atoms with Crippen molar-refractivity contribution in [3.05, 3.63) is 29.8 Å². The highest BCUT2D eigenvalue weighted by molar-refractivity contribution is 5.73. The SMILES string of the molecule is COc1ccc(CCNC(=O)NCC2(O)CCOCC2)cc1. The fourth-order valence-electron chi connectivity index (χ4n) is 2.35. The smallest absolute Gasteiger partial charge is 0.314 e. The highest BCUT2D eigenvalue weighted by Crippen LogP contribution is 2.19. The number of carbonyl (C=O) groups is 1. The van der Waals surface area contributed by atoms with E-state index in [2.05, 4.69) is 10.6 Å². The fraction of sp³-hybridized carbons (Fsp3) is 0.562. The van der Waals surface area contributed by atoms with E-state index >= 15 is 0 Å². The third-order valence-electron chi connectivity index (χ3n) is 3.86. The van der Waals surface area contributed by atoms with Gasteiger partial charge >= 0.3 is 6.03 Å². The van der Waals surface area contributed by atoms with Crippen molar-refractivity contribution in [1.82, 2.24) is 10.6 Å². The topological polar surface area (TPSA) is 79.8 Å². The molecule has 2 amide bonds. The van der Waals surface area contributed by atoms with Crippen molar-refractivity contribution in [2.45, 2.75) is 24.9 Å². The van der Waals surface area contributed by atoms with Crippen LogP contribution in [0.4, 0.5) is 4.79 Å². The third-order valence-corrected chi connectivity index (χ3v) is 3.86. The van der Waals surface area contributed by atoms with Gasteiger partial charge in [-0.05, 0) is 24.1 Å². The van der Waals surface area contributed by atoms with E-state index in [1.807, 2.05) is 24.3 Å². The number of methoxy groups -OCH3 is 1. The summed E-state index contributed by atoms with van der Waals surface area (Å²) in [5, 5.41) is 15.8. The molecule has 1 fully saturated rings. The minimum Gasteiger partial charge on any atom is -0.497 e. The van der Waals surface area contributed by atoms with Gasteiger partial charge in [0.2, 0.25) is 0 Å². The molecule has 0 aliphatic carbocycles. The molecule has 0 aromatic heterocycles. The molecule has 1 heterocycles. The summed E-state index contributed by atoms with van der Waals surface area (Å²) in [6.07, 6.45) is 1.85. The van der Waals surface area contributed by atoms with Crippen LogP contribution in [0.15, 0.2) is 24.3 Å². The molecule has 1 aliphatic rings. The van der Waals surface area contributed by atoms with Gasteiger partial charge in [-0.25, -0.2) is 4.79 Å². The summed E-state index contributed by atoms with van der Waals surface area (Å²) in [4.78, 5) is 11.7. The summed E-state index contributed by atoms with van der Waals surface area (Å²) < 4.78 is 10.3. The van der Waals surface area contributed by atoms with Gasteiger partial charge in [0.05, 0.1) is 12.7 Å². The van der Waals surface area contributed by atoms with Crippen molar-refractivity contribution in [1.29, 1.82) is 0 Å². The van der Waals surface area contributed by atoms with Gasteiger partial charge in [-0.1, -0.05) is 12.1 Å². The number of nitrogens with one attached hydrogen (secondary N) is 2. The monoisotopic (exact) mass is 308 g/mol. The Kier molecular flexibility index (Phi) is 6.03. The number of aliphatic hydroxyl groups is 1. The second-order valence-electron chi connectivity index (χ2n) is 5.54. The molecule has 1 aromatic rings. The first-order valence-electron chi connectivity index (χ1n) is 7.56. The lowest BCUT2D eigenvalue weighted by molar-refractivity contribution is -0.0600. The summed E-state index contributed by atoms with van der Waals surface area (Å²) in [6.45, 7) is 1.87. The zero-order chi connectivity index (χ0) is 15.8. The van der Waals surface area contributed by atoms with E-state index in [-0.39, 0.29) is 12.6 Å². The second-order valence-corrected chi connectivity index (χ2v) is 5.54. The number of rotatable bonds is 6. The van der Waals surface area contributed by atoms with Gasteiger partial charge < -0.3 is 25.2 Å². The summed E-state index contributed by atoms with van der Waals surface area (Å²) in [5.74, 6) is 0.819. The predicted octanol–water partition coefficient (Wildman–Crippen LogP) is 1.08.